The molecule has 0 saturated heterocycles. The van der Waals surface area contributed by atoms with Crippen LogP contribution >= 0.6 is 0 Å². The van der Waals surface area contributed by atoms with Crippen molar-refractivity contribution < 1.29 is 24.6 Å². The number of aromatic nitrogens is 3. The number of carboxylic acids is 2. The molecule has 140 valence electrons. The van der Waals surface area contributed by atoms with Gasteiger partial charge in [-0.1, -0.05) is 13.8 Å². The molecule has 2 aromatic heterocycles. The third-order valence-electron chi connectivity index (χ3n) is 3.64. The Morgan fingerprint density at radius 1 is 1.19 bits per heavy atom. The number of carbonyl (C=O) groups is 2. The zero-order chi connectivity index (χ0) is 19.1. The van der Waals surface area contributed by atoms with Crippen LogP contribution in [-0.2, 0) is 16.0 Å². The maximum atomic E-state index is 11.6. The number of aliphatic carboxylic acids is 2. The fourth-order valence-corrected chi connectivity index (χ4v) is 2.43. The topological polar surface area (TPSA) is 127 Å². The molecule has 0 aliphatic heterocycles. The zero-order valence-corrected chi connectivity index (χ0v) is 14.6. The number of hydrogen-bond donors (Lipinski definition) is 3. The number of hydrogen-bond acceptors (Lipinski definition) is 6. The molecular formula is C17H22N4O5. The van der Waals surface area contributed by atoms with E-state index in [1.165, 1.54) is 23.5 Å². The van der Waals surface area contributed by atoms with Crippen LogP contribution < -0.4 is 10.2 Å². The Kier molecular flexibility index (Phi) is 6.67. The van der Waals surface area contributed by atoms with Gasteiger partial charge in [-0.2, -0.15) is 4.73 Å². The predicted octanol–water partition coefficient (Wildman–Crippen LogP) is 1.20. The standard InChI is InChI=1S/C17H22N4O5/c1-11(2)6-14(16(22)23)20-15(17(24)25)7-12-8-19-10-21(12)26-13-4-3-5-18-9-13/h3-5,8-11,14-15,20H,6-7H2,1-2H3,(H,22,23)(H,24,25). The summed E-state index contributed by atoms with van der Waals surface area (Å²) in [6.07, 6.45) is 6.34. The number of nitrogens with zero attached hydrogens (tertiary/aromatic N) is 3. The van der Waals surface area contributed by atoms with Gasteiger partial charge in [0.05, 0.1) is 18.1 Å². The quantitative estimate of drug-likeness (QED) is 0.575. The first-order valence-electron chi connectivity index (χ1n) is 8.18. The summed E-state index contributed by atoms with van der Waals surface area (Å²) in [6.45, 7) is 3.76. The minimum Gasteiger partial charge on any atom is -0.480 e. The van der Waals surface area contributed by atoms with Crippen molar-refractivity contribution >= 4 is 11.9 Å². The summed E-state index contributed by atoms with van der Waals surface area (Å²) in [4.78, 5) is 36.5. The molecule has 3 N–H and O–H groups in total. The lowest BCUT2D eigenvalue weighted by atomic mass is 10.0. The van der Waals surface area contributed by atoms with Crippen LogP contribution in [0.3, 0.4) is 0 Å². The summed E-state index contributed by atoms with van der Waals surface area (Å²) in [5.74, 6) is -1.65. The number of rotatable bonds is 10. The summed E-state index contributed by atoms with van der Waals surface area (Å²) in [5.41, 5.74) is 0.488. The monoisotopic (exact) mass is 362 g/mol. The van der Waals surface area contributed by atoms with Gasteiger partial charge in [-0.05, 0) is 24.5 Å². The van der Waals surface area contributed by atoms with E-state index in [-0.39, 0.29) is 12.3 Å². The first-order valence-corrected chi connectivity index (χ1v) is 8.18. The second-order valence-corrected chi connectivity index (χ2v) is 6.27. The summed E-state index contributed by atoms with van der Waals surface area (Å²) in [6, 6.07) is 1.36. The molecule has 2 aromatic rings. The minimum absolute atomic E-state index is 0.0114. The Morgan fingerprint density at radius 3 is 2.50 bits per heavy atom. The minimum atomic E-state index is -1.14. The fourth-order valence-electron chi connectivity index (χ4n) is 2.43. The Morgan fingerprint density at radius 2 is 1.92 bits per heavy atom. The molecule has 0 bridgehead atoms. The molecule has 0 aromatic carbocycles. The number of pyridine rings is 1. The molecule has 2 atom stereocenters. The van der Waals surface area contributed by atoms with Crippen LogP contribution in [0.4, 0.5) is 0 Å². The third kappa shape index (κ3) is 5.55. The molecule has 0 amide bonds. The van der Waals surface area contributed by atoms with E-state index in [2.05, 4.69) is 15.3 Å². The van der Waals surface area contributed by atoms with Crippen molar-refractivity contribution in [1.29, 1.82) is 0 Å². The molecule has 0 saturated carbocycles. The molecule has 2 unspecified atom stereocenters. The second kappa shape index (κ2) is 8.95. The third-order valence-corrected chi connectivity index (χ3v) is 3.64. The maximum Gasteiger partial charge on any atom is 0.321 e. The van der Waals surface area contributed by atoms with Gasteiger partial charge < -0.3 is 15.1 Å². The van der Waals surface area contributed by atoms with Crippen LogP contribution in [0.15, 0.2) is 37.1 Å². The molecule has 0 aliphatic rings. The summed E-state index contributed by atoms with van der Waals surface area (Å²) in [7, 11) is 0. The van der Waals surface area contributed by atoms with E-state index in [4.69, 9.17) is 4.84 Å². The van der Waals surface area contributed by atoms with Crippen molar-refractivity contribution in [2.24, 2.45) is 5.92 Å². The second-order valence-electron chi connectivity index (χ2n) is 6.27. The first kappa shape index (κ1) is 19.4. The van der Waals surface area contributed by atoms with Gasteiger partial charge in [-0.3, -0.25) is 19.9 Å². The molecule has 0 spiro atoms. The van der Waals surface area contributed by atoms with Crippen molar-refractivity contribution in [2.45, 2.75) is 38.8 Å². The average molecular weight is 362 g/mol. The van der Waals surface area contributed by atoms with Gasteiger partial charge in [0.2, 0.25) is 0 Å². The van der Waals surface area contributed by atoms with E-state index >= 15 is 0 Å². The van der Waals surface area contributed by atoms with Gasteiger partial charge in [0.15, 0.2) is 5.75 Å². The van der Waals surface area contributed by atoms with Crippen molar-refractivity contribution in [1.82, 2.24) is 20.0 Å². The molecule has 26 heavy (non-hydrogen) atoms. The highest BCUT2D eigenvalue weighted by Gasteiger charge is 2.28. The average Bonchev–Trinajstić information content (AvgIpc) is 3.00. The van der Waals surface area contributed by atoms with E-state index in [1.54, 1.807) is 18.3 Å². The van der Waals surface area contributed by atoms with Crippen LogP contribution in [0.2, 0.25) is 0 Å². The van der Waals surface area contributed by atoms with Gasteiger partial charge >= 0.3 is 11.9 Å². The Balaban J connectivity index is 2.12. The normalized spacial score (nSPS) is 13.3. The van der Waals surface area contributed by atoms with Crippen LogP contribution in [-0.4, -0.2) is 48.9 Å². The van der Waals surface area contributed by atoms with Crippen LogP contribution in [0.5, 0.6) is 5.75 Å². The fraction of sp³-hybridized carbons (Fsp3) is 0.412. The zero-order valence-electron chi connectivity index (χ0n) is 14.6. The highest BCUT2D eigenvalue weighted by Crippen LogP contribution is 2.12. The Labute approximate surface area is 150 Å². The van der Waals surface area contributed by atoms with Crippen molar-refractivity contribution in [2.75, 3.05) is 0 Å². The molecule has 0 aliphatic carbocycles. The van der Waals surface area contributed by atoms with Gasteiger partial charge in [-0.15, -0.1) is 0 Å². The summed E-state index contributed by atoms with van der Waals surface area (Å²) >= 11 is 0. The van der Waals surface area contributed by atoms with E-state index in [9.17, 15) is 19.8 Å². The van der Waals surface area contributed by atoms with E-state index in [1.807, 2.05) is 13.8 Å². The molecule has 0 radical (unpaired) electrons. The lowest BCUT2D eigenvalue weighted by Crippen LogP contribution is -2.49. The summed E-state index contributed by atoms with van der Waals surface area (Å²) < 4.78 is 1.34. The highest BCUT2D eigenvalue weighted by atomic mass is 16.7. The smallest absolute Gasteiger partial charge is 0.321 e. The SMILES string of the molecule is CC(C)CC(NC(Cc1cncn1Oc1cccnc1)C(=O)O)C(=O)O. The van der Waals surface area contributed by atoms with Crippen molar-refractivity contribution in [3.63, 3.8) is 0 Å². The Bertz CT molecular complexity index is 732. The van der Waals surface area contributed by atoms with Gasteiger partial charge in [0, 0.05) is 12.6 Å². The van der Waals surface area contributed by atoms with E-state index in [0.717, 1.165) is 0 Å². The van der Waals surface area contributed by atoms with Crippen molar-refractivity contribution in [3.8, 4) is 5.75 Å². The van der Waals surface area contributed by atoms with Gasteiger partial charge in [0.1, 0.15) is 18.4 Å². The van der Waals surface area contributed by atoms with E-state index in [0.29, 0.717) is 17.9 Å². The number of carboxylic acid groups (broad SMARTS) is 2. The Hall–Kier alpha value is -2.94. The lowest BCUT2D eigenvalue weighted by molar-refractivity contribution is -0.142. The van der Waals surface area contributed by atoms with Crippen LogP contribution in [0.1, 0.15) is 26.0 Å². The molecule has 2 rings (SSSR count). The van der Waals surface area contributed by atoms with Crippen molar-refractivity contribution in [3.05, 3.63) is 42.7 Å². The van der Waals surface area contributed by atoms with Crippen LogP contribution in [0, 0.1) is 5.92 Å². The number of nitrogens with one attached hydrogen (secondary N) is 1. The highest BCUT2D eigenvalue weighted by molar-refractivity contribution is 5.77. The predicted molar refractivity (Wildman–Crippen MR) is 91.6 cm³/mol. The maximum absolute atomic E-state index is 11.6. The van der Waals surface area contributed by atoms with E-state index < -0.39 is 24.0 Å². The molecule has 9 heteroatoms. The first-order chi connectivity index (χ1) is 12.4. The summed E-state index contributed by atoms with van der Waals surface area (Å²) in [5, 5.41) is 21.5. The molecule has 9 nitrogen and oxygen atoms in total. The van der Waals surface area contributed by atoms with Gasteiger partial charge in [0.25, 0.3) is 0 Å². The number of imidazole rings is 1. The largest absolute Gasteiger partial charge is 0.480 e. The molecule has 2 heterocycles. The lowest BCUT2D eigenvalue weighted by Gasteiger charge is -2.22. The molecular weight excluding hydrogens is 340 g/mol. The van der Waals surface area contributed by atoms with Gasteiger partial charge in [-0.25, -0.2) is 4.98 Å². The molecule has 0 fully saturated rings. The van der Waals surface area contributed by atoms with Crippen LogP contribution in [0.25, 0.3) is 0 Å².